The molecule has 26 heavy (non-hydrogen) atoms. The van der Waals surface area contributed by atoms with Gasteiger partial charge >= 0.3 is 0 Å². The summed E-state index contributed by atoms with van der Waals surface area (Å²) in [5.41, 5.74) is 3.61. The largest absolute Gasteiger partial charge is 0.491 e. The van der Waals surface area contributed by atoms with E-state index in [2.05, 4.69) is 38.5 Å². The molecule has 2 aromatic rings. The summed E-state index contributed by atoms with van der Waals surface area (Å²) in [5, 5.41) is 7.08. The Bertz CT molecular complexity index is 759. The number of ether oxygens (including phenoxy) is 2. The first-order chi connectivity index (χ1) is 12.4. The second-order valence-electron chi connectivity index (χ2n) is 6.02. The SMILES string of the molecule is CCOCCc1ccc(OCCNC(=O)c2c(Br)c(C)nn2C)c(C)c1. The number of rotatable bonds is 9. The van der Waals surface area contributed by atoms with E-state index in [1.807, 2.05) is 26.8 Å². The normalized spacial score (nSPS) is 10.8. The van der Waals surface area contributed by atoms with Gasteiger partial charge in [0.25, 0.3) is 5.91 Å². The van der Waals surface area contributed by atoms with Gasteiger partial charge in [-0.1, -0.05) is 12.1 Å². The van der Waals surface area contributed by atoms with Crippen molar-refractivity contribution in [3.63, 3.8) is 0 Å². The van der Waals surface area contributed by atoms with Crippen molar-refractivity contribution in [3.05, 3.63) is 45.2 Å². The summed E-state index contributed by atoms with van der Waals surface area (Å²) in [6.45, 7) is 8.15. The fraction of sp³-hybridized carbons (Fsp3) is 0.474. The highest BCUT2D eigenvalue weighted by Gasteiger charge is 2.17. The fourth-order valence-corrected chi connectivity index (χ4v) is 3.17. The van der Waals surface area contributed by atoms with E-state index >= 15 is 0 Å². The zero-order valence-electron chi connectivity index (χ0n) is 15.8. The molecule has 0 atom stereocenters. The van der Waals surface area contributed by atoms with Crippen LogP contribution in [0, 0.1) is 13.8 Å². The van der Waals surface area contributed by atoms with Crippen LogP contribution in [-0.2, 0) is 18.2 Å². The number of nitrogens with one attached hydrogen (secondary N) is 1. The average molecular weight is 424 g/mol. The molecule has 0 saturated carbocycles. The average Bonchev–Trinajstić information content (AvgIpc) is 2.85. The molecule has 0 fully saturated rings. The summed E-state index contributed by atoms with van der Waals surface area (Å²) < 4.78 is 13.5. The molecular weight excluding hydrogens is 398 g/mol. The third kappa shape index (κ3) is 5.32. The van der Waals surface area contributed by atoms with Crippen LogP contribution in [0.15, 0.2) is 22.7 Å². The second kappa shape index (κ2) is 9.73. The van der Waals surface area contributed by atoms with E-state index in [0.29, 0.717) is 18.8 Å². The molecule has 7 heteroatoms. The van der Waals surface area contributed by atoms with Crippen molar-refractivity contribution in [3.8, 4) is 5.75 Å². The first-order valence-electron chi connectivity index (χ1n) is 8.71. The molecule has 1 heterocycles. The maximum atomic E-state index is 12.3. The smallest absolute Gasteiger partial charge is 0.270 e. The van der Waals surface area contributed by atoms with Crippen LogP contribution in [0.2, 0.25) is 0 Å². The molecule has 0 saturated heterocycles. The summed E-state index contributed by atoms with van der Waals surface area (Å²) >= 11 is 3.40. The van der Waals surface area contributed by atoms with Gasteiger partial charge in [-0.2, -0.15) is 5.10 Å². The summed E-state index contributed by atoms with van der Waals surface area (Å²) in [5.74, 6) is 0.656. The van der Waals surface area contributed by atoms with Crippen LogP contribution in [0.5, 0.6) is 5.75 Å². The van der Waals surface area contributed by atoms with Gasteiger partial charge in [0.1, 0.15) is 18.1 Å². The molecule has 0 bridgehead atoms. The molecule has 1 amide bonds. The lowest BCUT2D eigenvalue weighted by atomic mass is 10.1. The maximum Gasteiger partial charge on any atom is 0.270 e. The van der Waals surface area contributed by atoms with Crippen molar-refractivity contribution < 1.29 is 14.3 Å². The van der Waals surface area contributed by atoms with Gasteiger partial charge in [0.05, 0.1) is 23.3 Å². The lowest BCUT2D eigenvalue weighted by Gasteiger charge is -2.12. The van der Waals surface area contributed by atoms with Gasteiger partial charge in [-0.25, -0.2) is 0 Å². The Balaban J connectivity index is 1.81. The molecule has 6 nitrogen and oxygen atoms in total. The minimum Gasteiger partial charge on any atom is -0.491 e. The van der Waals surface area contributed by atoms with Gasteiger partial charge < -0.3 is 14.8 Å². The number of aromatic nitrogens is 2. The molecule has 0 aliphatic rings. The molecule has 1 N–H and O–H groups in total. The summed E-state index contributed by atoms with van der Waals surface area (Å²) in [6.07, 6.45) is 0.893. The number of carbonyl (C=O) groups excluding carboxylic acids is 1. The highest BCUT2D eigenvalue weighted by molar-refractivity contribution is 9.10. The second-order valence-corrected chi connectivity index (χ2v) is 6.82. The van der Waals surface area contributed by atoms with Crippen molar-refractivity contribution in [1.82, 2.24) is 15.1 Å². The molecule has 2 rings (SSSR count). The third-order valence-electron chi connectivity index (χ3n) is 3.99. The number of halogens is 1. The van der Waals surface area contributed by atoms with Gasteiger partial charge in [0.15, 0.2) is 0 Å². The number of nitrogens with zero attached hydrogens (tertiary/aromatic N) is 2. The highest BCUT2D eigenvalue weighted by atomic mass is 79.9. The molecule has 0 aliphatic carbocycles. The Kier molecular flexibility index (Phi) is 7.66. The van der Waals surface area contributed by atoms with Gasteiger partial charge in [0, 0.05) is 13.7 Å². The lowest BCUT2D eigenvalue weighted by molar-refractivity contribution is 0.0936. The topological polar surface area (TPSA) is 65.4 Å². The lowest BCUT2D eigenvalue weighted by Crippen LogP contribution is -2.30. The molecule has 0 radical (unpaired) electrons. The summed E-state index contributed by atoms with van der Waals surface area (Å²) in [7, 11) is 1.75. The van der Waals surface area contributed by atoms with Crippen LogP contribution in [0.1, 0.15) is 34.2 Å². The van der Waals surface area contributed by atoms with E-state index in [1.54, 1.807) is 11.7 Å². The van der Waals surface area contributed by atoms with Crippen LogP contribution in [0.25, 0.3) is 0 Å². The molecule has 0 unspecified atom stereocenters. The van der Waals surface area contributed by atoms with Gasteiger partial charge in [-0.05, 0) is 60.3 Å². The van der Waals surface area contributed by atoms with E-state index in [9.17, 15) is 4.79 Å². The van der Waals surface area contributed by atoms with E-state index in [-0.39, 0.29) is 5.91 Å². The van der Waals surface area contributed by atoms with E-state index in [1.165, 1.54) is 5.56 Å². The Morgan fingerprint density at radius 1 is 1.31 bits per heavy atom. The number of benzene rings is 1. The Morgan fingerprint density at radius 2 is 2.08 bits per heavy atom. The molecular formula is C19H26BrN3O3. The van der Waals surface area contributed by atoms with Crippen LogP contribution >= 0.6 is 15.9 Å². The Morgan fingerprint density at radius 3 is 2.69 bits per heavy atom. The molecule has 0 aliphatic heterocycles. The number of hydrogen-bond acceptors (Lipinski definition) is 4. The Hall–Kier alpha value is -1.86. The van der Waals surface area contributed by atoms with Crippen molar-refractivity contribution in [2.75, 3.05) is 26.4 Å². The third-order valence-corrected chi connectivity index (χ3v) is 4.94. The summed E-state index contributed by atoms with van der Waals surface area (Å²) in [6, 6.07) is 6.14. The molecule has 1 aromatic heterocycles. The standard InChI is InChI=1S/C19H26BrN3O3/c1-5-25-10-8-15-6-7-16(13(2)12-15)26-11-9-21-19(24)18-17(20)14(3)22-23(18)4/h6-7,12H,5,8-11H2,1-4H3,(H,21,24). The van der Waals surface area contributed by atoms with Crippen molar-refractivity contribution >= 4 is 21.8 Å². The number of aryl methyl sites for hydroxylation is 3. The zero-order chi connectivity index (χ0) is 19.1. The van der Waals surface area contributed by atoms with Crippen molar-refractivity contribution in [1.29, 1.82) is 0 Å². The monoisotopic (exact) mass is 423 g/mol. The van der Waals surface area contributed by atoms with Gasteiger partial charge in [-0.3, -0.25) is 9.48 Å². The van der Waals surface area contributed by atoms with Crippen LogP contribution in [0.3, 0.4) is 0 Å². The van der Waals surface area contributed by atoms with E-state index in [4.69, 9.17) is 9.47 Å². The van der Waals surface area contributed by atoms with Crippen LogP contribution in [0.4, 0.5) is 0 Å². The first-order valence-corrected chi connectivity index (χ1v) is 9.50. The van der Waals surface area contributed by atoms with Crippen molar-refractivity contribution in [2.45, 2.75) is 27.2 Å². The van der Waals surface area contributed by atoms with Gasteiger partial charge in [-0.15, -0.1) is 0 Å². The Labute approximate surface area is 163 Å². The number of amides is 1. The minimum absolute atomic E-state index is 0.174. The number of hydrogen-bond donors (Lipinski definition) is 1. The first kappa shape index (κ1) is 20.5. The van der Waals surface area contributed by atoms with E-state index < -0.39 is 0 Å². The molecule has 1 aromatic carbocycles. The van der Waals surface area contributed by atoms with Gasteiger partial charge in [0.2, 0.25) is 0 Å². The van der Waals surface area contributed by atoms with Crippen LogP contribution < -0.4 is 10.1 Å². The quantitative estimate of drug-likeness (QED) is 0.628. The zero-order valence-corrected chi connectivity index (χ0v) is 17.4. The minimum atomic E-state index is -0.174. The fourth-order valence-electron chi connectivity index (χ4n) is 2.65. The highest BCUT2D eigenvalue weighted by Crippen LogP contribution is 2.20. The summed E-state index contributed by atoms with van der Waals surface area (Å²) in [4.78, 5) is 12.3. The van der Waals surface area contributed by atoms with Crippen LogP contribution in [-0.4, -0.2) is 42.1 Å². The van der Waals surface area contributed by atoms with Crippen molar-refractivity contribution in [2.24, 2.45) is 7.05 Å². The van der Waals surface area contributed by atoms with E-state index in [0.717, 1.165) is 41.1 Å². The molecule has 0 spiro atoms. The number of carbonyl (C=O) groups is 1. The predicted molar refractivity (Wildman–Crippen MR) is 105 cm³/mol. The molecule has 142 valence electrons. The maximum absolute atomic E-state index is 12.3. The predicted octanol–water partition coefficient (Wildman–Crippen LogP) is 3.19.